The van der Waals surface area contributed by atoms with Crippen molar-refractivity contribution in [2.24, 2.45) is 0 Å². The third-order valence-corrected chi connectivity index (χ3v) is 6.73. The van der Waals surface area contributed by atoms with Crippen LogP contribution in [0.4, 0.5) is 8.78 Å². The van der Waals surface area contributed by atoms with Crippen LogP contribution in [0.25, 0.3) is 0 Å². The first-order valence-electron chi connectivity index (χ1n) is 10.4. The lowest BCUT2D eigenvalue weighted by Gasteiger charge is -2.27. The molecule has 0 amide bonds. The summed E-state index contributed by atoms with van der Waals surface area (Å²) in [6, 6.07) is 4.80. The quantitative estimate of drug-likeness (QED) is 0.423. The summed E-state index contributed by atoms with van der Waals surface area (Å²) in [6.45, 7) is 2.70. The largest absolute Gasteiger partial charge is 0.490 e. The van der Waals surface area contributed by atoms with E-state index in [-0.39, 0.29) is 18.6 Å². The first kappa shape index (κ1) is 21.4. The van der Waals surface area contributed by atoms with E-state index in [1.54, 1.807) is 18.2 Å². The minimum absolute atomic E-state index is 0.188. The summed E-state index contributed by atoms with van der Waals surface area (Å²) in [6.07, 6.45) is 11.2. The molecule has 0 saturated heterocycles. The van der Waals surface area contributed by atoms with E-state index in [4.69, 9.17) is 4.74 Å². The summed E-state index contributed by atoms with van der Waals surface area (Å²) < 4.78 is 32.0. The molecule has 1 saturated carbocycles. The van der Waals surface area contributed by atoms with Crippen LogP contribution in [0.3, 0.4) is 0 Å². The second kappa shape index (κ2) is 11.0. The van der Waals surface area contributed by atoms with Crippen molar-refractivity contribution in [3.05, 3.63) is 52.9 Å². The monoisotopic (exact) mass is 407 g/mol. The van der Waals surface area contributed by atoms with Gasteiger partial charge in [0.25, 0.3) is 0 Å². The van der Waals surface area contributed by atoms with Crippen LogP contribution in [-0.4, -0.2) is 30.5 Å². The van der Waals surface area contributed by atoms with E-state index in [9.17, 15) is 8.78 Å². The predicted octanol–water partition coefficient (Wildman–Crippen LogP) is 5.97. The molecule has 5 heteroatoms. The third-order valence-electron chi connectivity index (χ3n) is 5.49. The molecule has 3 rings (SSSR count). The molecule has 154 valence electrons. The fourth-order valence-electron chi connectivity index (χ4n) is 4.01. The summed E-state index contributed by atoms with van der Waals surface area (Å²) in [4.78, 5) is 0. The maximum Gasteiger partial charge on any atom is 0.123 e. The maximum absolute atomic E-state index is 13.3. The van der Waals surface area contributed by atoms with Crippen molar-refractivity contribution in [3.63, 3.8) is 0 Å². The molecule has 2 nitrogen and oxygen atoms in total. The molecule has 1 aliphatic heterocycles. The molecule has 1 aliphatic carbocycles. The Hall–Kier alpha value is -1.33. The van der Waals surface area contributed by atoms with Crippen molar-refractivity contribution in [1.82, 2.24) is 5.32 Å². The molecule has 0 aromatic heterocycles. The number of alkyl halides is 1. The van der Waals surface area contributed by atoms with Crippen molar-refractivity contribution in [3.8, 4) is 5.75 Å². The van der Waals surface area contributed by atoms with Crippen molar-refractivity contribution in [2.75, 3.05) is 19.1 Å². The molecule has 2 unspecified atom stereocenters. The number of thioether (sulfide) groups is 1. The van der Waals surface area contributed by atoms with Gasteiger partial charge in [-0.1, -0.05) is 19.1 Å². The first-order valence-corrected chi connectivity index (χ1v) is 11.5. The van der Waals surface area contributed by atoms with Gasteiger partial charge in [0.1, 0.15) is 24.3 Å². The Labute approximate surface area is 171 Å². The Bertz CT molecular complexity index is 704. The number of nitrogens with one attached hydrogen (secondary N) is 1. The van der Waals surface area contributed by atoms with E-state index in [1.807, 2.05) is 11.8 Å². The van der Waals surface area contributed by atoms with Gasteiger partial charge in [0.15, 0.2) is 0 Å². The second-order valence-corrected chi connectivity index (χ2v) is 8.81. The van der Waals surface area contributed by atoms with Gasteiger partial charge in [-0.3, -0.25) is 0 Å². The highest BCUT2D eigenvalue weighted by molar-refractivity contribution is 7.99. The summed E-state index contributed by atoms with van der Waals surface area (Å²) in [7, 11) is 0. The lowest BCUT2D eigenvalue weighted by Crippen LogP contribution is -2.28. The molecule has 0 radical (unpaired) electrons. The SMILES string of the molecule is CC/C=C1/CC(SCNCCC2CCc3cc(F)ccc3O2)CC/C1=C/CF. The highest BCUT2D eigenvalue weighted by Gasteiger charge is 2.22. The number of hydrogen-bond acceptors (Lipinski definition) is 3. The number of aryl methyl sites for hydroxylation is 1. The van der Waals surface area contributed by atoms with Crippen molar-refractivity contribution in [1.29, 1.82) is 0 Å². The zero-order chi connectivity index (χ0) is 19.8. The van der Waals surface area contributed by atoms with Gasteiger partial charge in [0.2, 0.25) is 0 Å². The summed E-state index contributed by atoms with van der Waals surface area (Å²) in [5, 5.41) is 4.13. The Morgan fingerprint density at radius 1 is 1.21 bits per heavy atom. The van der Waals surface area contributed by atoms with Crippen LogP contribution in [0.1, 0.15) is 51.0 Å². The molecule has 1 heterocycles. The molecular weight excluding hydrogens is 376 g/mol. The molecule has 2 atom stereocenters. The predicted molar refractivity (Wildman–Crippen MR) is 114 cm³/mol. The van der Waals surface area contributed by atoms with Gasteiger partial charge < -0.3 is 10.1 Å². The summed E-state index contributed by atoms with van der Waals surface area (Å²) in [5.41, 5.74) is 3.53. The van der Waals surface area contributed by atoms with Crippen LogP contribution < -0.4 is 10.1 Å². The van der Waals surface area contributed by atoms with Gasteiger partial charge in [0, 0.05) is 11.1 Å². The smallest absolute Gasteiger partial charge is 0.123 e. The van der Waals surface area contributed by atoms with Crippen LogP contribution in [0.15, 0.2) is 41.5 Å². The first-order chi connectivity index (χ1) is 13.7. The number of allylic oxidation sites excluding steroid dienone is 4. The molecule has 28 heavy (non-hydrogen) atoms. The minimum atomic E-state index is -0.363. The van der Waals surface area contributed by atoms with Crippen molar-refractivity contribution < 1.29 is 13.5 Å². The molecular formula is C23H31F2NOS. The Kier molecular flexibility index (Phi) is 8.41. The van der Waals surface area contributed by atoms with Gasteiger partial charge in [-0.05, 0) is 86.4 Å². The van der Waals surface area contributed by atoms with Gasteiger partial charge >= 0.3 is 0 Å². The zero-order valence-electron chi connectivity index (χ0n) is 16.7. The molecule has 1 aromatic carbocycles. The Morgan fingerprint density at radius 3 is 2.93 bits per heavy atom. The highest BCUT2D eigenvalue weighted by atomic mass is 32.2. The standard InChI is InChI=1S/C23H31F2NOS/c1-2-3-18-15-22(8-5-17(18)10-12-24)28-16-26-13-11-21-7-4-19-14-20(25)6-9-23(19)27-21/h3,6,9-10,14,21-22,26H,2,4-5,7-8,11-13,15-16H2,1H3/b17-10-,18-3-. The molecule has 2 aliphatic rings. The molecule has 0 bridgehead atoms. The minimum Gasteiger partial charge on any atom is -0.490 e. The van der Waals surface area contributed by atoms with Crippen LogP contribution in [0.5, 0.6) is 5.75 Å². The molecule has 1 fully saturated rings. The number of halogens is 2. The maximum atomic E-state index is 13.3. The van der Waals surface area contributed by atoms with Gasteiger partial charge in [-0.2, -0.15) is 0 Å². The molecule has 1 aromatic rings. The Morgan fingerprint density at radius 2 is 2.11 bits per heavy atom. The van der Waals surface area contributed by atoms with E-state index >= 15 is 0 Å². The van der Waals surface area contributed by atoms with E-state index in [1.165, 1.54) is 17.2 Å². The number of hydrogen-bond donors (Lipinski definition) is 1. The summed E-state index contributed by atoms with van der Waals surface area (Å²) in [5.74, 6) is 1.58. The van der Waals surface area contributed by atoms with E-state index in [2.05, 4.69) is 18.3 Å². The number of ether oxygens (including phenoxy) is 1. The number of rotatable bonds is 8. The fourth-order valence-corrected chi connectivity index (χ4v) is 5.09. The lowest BCUT2D eigenvalue weighted by atomic mass is 9.88. The molecule has 0 spiro atoms. The zero-order valence-corrected chi connectivity index (χ0v) is 17.5. The van der Waals surface area contributed by atoms with Crippen LogP contribution in [0, 0.1) is 5.82 Å². The second-order valence-electron chi connectivity index (χ2n) is 7.52. The van der Waals surface area contributed by atoms with Gasteiger partial charge in [0.05, 0.1) is 0 Å². The van der Waals surface area contributed by atoms with Crippen LogP contribution >= 0.6 is 11.8 Å². The fraction of sp³-hybridized carbons (Fsp3) is 0.565. The Balaban J connectivity index is 1.35. The van der Waals surface area contributed by atoms with Crippen molar-refractivity contribution in [2.45, 2.75) is 63.2 Å². The van der Waals surface area contributed by atoms with E-state index < -0.39 is 0 Å². The van der Waals surface area contributed by atoms with Crippen molar-refractivity contribution >= 4 is 11.8 Å². The normalized spacial score (nSPS) is 25.0. The van der Waals surface area contributed by atoms with E-state index in [0.29, 0.717) is 5.25 Å². The average molecular weight is 408 g/mol. The number of fused-ring (bicyclic) bond motifs is 1. The van der Waals surface area contributed by atoms with Gasteiger partial charge in [-0.15, -0.1) is 11.8 Å². The van der Waals surface area contributed by atoms with Crippen LogP contribution in [-0.2, 0) is 6.42 Å². The number of benzene rings is 1. The lowest BCUT2D eigenvalue weighted by molar-refractivity contribution is 0.163. The highest BCUT2D eigenvalue weighted by Crippen LogP contribution is 2.35. The van der Waals surface area contributed by atoms with E-state index in [0.717, 1.165) is 68.7 Å². The summed E-state index contributed by atoms with van der Waals surface area (Å²) >= 11 is 1.97. The topological polar surface area (TPSA) is 21.3 Å². The van der Waals surface area contributed by atoms with Gasteiger partial charge in [-0.25, -0.2) is 8.78 Å². The molecule has 1 N–H and O–H groups in total. The third kappa shape index (κ3) is 6.08. The van der Waals surface area contributed by atoms with Crippen LogP contribution in [0.2, 0.25) is 0 Å². The average Bonchev–Trinajstić information content (AvgIpc) is 2.70.